The first-order chi connectivity index (χ1) is 12.3. The third-order valence-electron chi connectivity index (χ3n) is 5.94. The molecule has 1 N–H and O–H groups in total. The molecule has 1 aliphatic carbocycles. The highest BCUT2D eigenvalue weighted by atomic mass is 16.3. The largest absolute Gasteiger partial charge is 0.396 e. The fraction of sp³-hybridized carbons (Fsp3) is 0.571. The van der Waals surface area contributed by atoms with Crippen LogP contribution in [0.3, 0.4) is 0 Å². The van der Waals surface area contributed by atoms with Gasteiger partial charge in [-0.3, -0.25) is 4.90 Å². The molecule has 0 amide bonds. The number of piperazine rings is 1. The standard InChI is InChI=1S/C21H29N3O/c25-15-12-19-16-23(13-14-24(19)18-7-2-1-3-8-18)21-11-10-17-6-4-5-9-20(17)22-21/h4-6,9-11,18-19,25H,1-3,7-8,12-16H2. The summed E-state index contributed by atoms with van der Waals surface area (Å²) in [6.45, 7) is 3.36. The number of anilines is 1. The van der Waals surface area contributed by atoms with Crippen LogP contribution in [0.25, 0.3) is 10.9 Å². The van der Waals surface area contributed by atoms with Crippen LogP contribution >= 0.6 is 0 Å². The van der Waals surface area contributed by atoms with Crippen LogP contribution in [0, 0.1) is 0 Å². The molecule has 1 atom stereocenters. The van der Waals surface area contributed by atoms with Gasteiger partial charge >= 0.3 is 0 Å². The van der Waals surface area contributed by atoms with E-state index in [9.17, 15) is 5.11 Å². The Bertz CT molecular complexity index is 698. The fourth-order valence-electron chi connectivity index (χ4n) is 4.61. The molecule has 1 aliphatic heterocycles. The Kier molecular flexibility index (Phi) is 5.18. The number of aromatic nitrogens is 1. The van der Waals surface area contributed by atoms with E-state index in [1.807, 2.05) is 0 Å². The third kappa shape index (κ3) is 3.65. The van der Waals surface area contributed by atoms with Crippen molar-refractivity contribution >= 4 is 16.7 Å². The average Bonchev–Trinajstić information content (AvgIpc) is 2.68. The second-order valence-electron chi connectivity index (χ2n) is 7.50. The molecule has 1 saturated heterocycles. The Hall–Kier alpha value is -1.65. The van der Waals surface area contributed by atoms with Crippen LogP contribution in [0.5, 0.6) is 0 Å². The Morgan fingerprint density at radius 2 is 1.84 bits per heavy atom. The molecular formula is C21H29N3O. The van der Waals surface area contributed by atoms with Crippen molar-refractivity contribution in [3.8, 4) is 0 Å². The number of hydrogen-bond acceptors (Lipinski definition) is 4. The molecular weight excluding hydrogens is 310 g/mol. The summed E-state index contributed by atoms with van der Waals surface area (Å²) in [4.78, 5) is 9.97. The average molecular weight is 339 g/mol. The van der Waals surface area contributed by atoms with E-state index in [1.54, 1.807) is 0 Å². The van der Waals surface area contributed by atoms with Gasteiger partial charge in [0.2, 0.25) is 0 Å². The van der Waals surface area contributed by atoms with Gasteiger partial charge in [0.25, 0.3) is 0 Å². The minimum atomic E-state index is 0.271. The molecule has 2 heterocycles. The topological polar surface area (TPSA) is 39.6 Å². The Labute approximate surface area is 150 Å². The van der Waals surface area contributed by atoms with Crippen molar-refractivity contribution in [2.24, 2.45) is 0 Å². The summed E-state index contributed by atoms with van der Waals surface area (Å²) in [7, 11) is 0. The van der Waals surface area contributed by atoms with Gasteiger partial charge in [-0.15, -0.1) is 0 Å². The molecule has 25 heavy (non-hydrogen) atoms. The highest BCUT2D eigenvalue weighted by molar-refractivity contribution is 5.80. The van der Waals surface area contributed by atoms with E-state index in [0.29, 0.717) is 6.04 Å². The molecule has 4 heteroatoms. The van der Waals surface area contributed by atoms with Gasteiger partial charge in [0.05, 0.1) is 5.52 Å². The summed E-state index contributed by atoms with van der Waals surface area (Å²) < 4.78 is 0. The lowest BCUT2D eigenvalue weighted by Gasteiger charge is -2.46. The third-order valence-corrected chi connectivity index (χ3v) is 5.94. The van der Waals surface area contributed by atoms with Crippen molar-refractivity contribution in [1.29, 1.82) is 0 Å². The summed E-state index contributed by atoms with van der Waals surface area (Å²) in [5.74, 6) is 1.07. The maximum absolute atomic E-state index is 9.57. The molecule has 0 bridgehead atoms. The summed E-state index contributed by atoms with van der Waals surface area (Å²) in [6.07, 6.45) is 7.64. The van der Waals surface area contributed by atoms with Gasteiger partial charge in [-0.2, -0.15) is 0 Å². The van der Waals surface area contributed by atoms with E-state index in [-0.39, 0.29) is 6.61 Å². The van der Waals surface area contributed by atoms with E-state index in [4.69, 9.17) is 4.98 Å². The molecule has 134 valence electrons. The van der Waals surface area contributed by atoms with Gasteiger partial charge in [0.15, 0.2) is 0 Å². The number of para-hydroxylation sites is 1. The maximum Gasteiger partial charge on any atom is 0.129 e. The van der Waals surface area contributed by atoms with E-state index >= 15 is 0 Å². The number of rotatable bonds is 4. The van der Waals surface area contributed by atoms with Crippen LogP contribution < -0.4 is 4.90 Å². The first-order valence-electron chi connectivity index (χ1n) is 9.82. The van der Waals surface area contributed by atoms with Gasteiger partial charge in [0.1, 0.15) is 5.82 Å². The smallest absolute Gasteiger partial charge is 0.129 e. The van der Waals surface area contributed by atoms with E-state index in [2.05, 4.69) is 46.2 Å². The van der Waals surface area contributed by atoms with Crippen LogP contribution in [0.4, 0.5) is 5.82 Å². The number of benzene rings is 1. The van der Waals surface area contributed by atoms with Gasteiger partial charge in [-0.1, -0.05) is 37.5 Å². The Balaban J connectivity index is 1.51. The van der Waals surface area contributed by atoms with Crippen LogP contribution in [-0.2, 0) is 0 Å². The monoisotopic (exact) mass is 339 g/mol. The van der Waals surface area contributed by atoms with Crippen LogP contribution in [0.15, 0.2) is 36.4 Å². The zero-order valence-electron chi connectivity index (χ0n) is 15.0. The van der Waals surface area contributed by atoms with Crippen molar-refractivity contribution in [1.82, 2.24) is 9.88 Å². The first kappa shape index (κ1) is 16.8. The quantitative estimate of drug-likeness (QED) is 0.926. The fourth-order valence-corrected chi connectivity index (χ4v) is 4.61. The van der Waals surface area contributed by atoms with Crippen LogP contribution in [-0.4, -0.2) is 53.3 Å². The lowest BCUT2D eigenvalue weighted by molar-refractivity contribution is 0.0756. The Morgan fingerprint density at radius 3 is 2.68 bits per heavy atom. The molecule has 0 radical (unpaired) electrons. The molecule has 4 rings (SSSR count). The molecule has 1 aromatic carbocycles. The predicted octanol–water partition coefficient (Wildman–Crippen LogP) is 3.44. The molecule has 2 fully saturated rings. The normalized spacial score (nSPS) is 23.2. The summed E-state index contributed by atoms with van der Waals surface area (Å²) in [5, 5.41) is 10.8. The molecule has 1 aromatic heterocycles. The molecule has 0 spiro atoms. The lowest BCUT2D eigenvalue weighted by atomic mass is 9.92. The second kappa shape index (κ2) is 7.71. The zero-order chi connectivity index (χ0) is 17.1. The minimum absolute atomic E-state index is 0.271. The number of aliphatic hydroxyl groups is 1. The lowest BCUT2D eigenvalue weighted by Crippen LogP contribution is -2.57. The van der Waals surface area contributed by atoms with Crippen molar-refractivity contribution in [3.63, 3.8) is 0 Å². The highest BCUT2D eigenvalue weighted by Gasteiger charge is 2.32. The predicted molar refractivity (Wildman–Crippen MR) is 103 cm³/mol. The molecule has 2 aromatic rings. The maximum atomic E-state index is 9.57. The molecule has 1 unspecified atom stereocenters. The van der Waals surface area contributed by atoms with E-state index < -0.39 is 0 Å². The van der Waals surface area contributed by atoms with E-state index in [0.717, 1.165) is 43.4 Å². The highest BCUT2D eigenvalue weighted by Crippen LogP contribution is 2.28. The summed E-state index contributed by atoms with van der Waals surface area (Å²) >= 11 is 0. The zero-order valence-corrected chi connectivity index (χ0v) is 15.0. The van der Waals surface area contributed by atoms with Gasteiger partial charge < -0.3 is 10.0 Å². The van der Waals surface area contributed by atoms with Crippen molar-refractivity contribution in [2.45, 2.75) is 50.6 Å². The summed E-state index contributed by atoms with van der Waals surface area (Å²) in [6, 6.07) is 13.8. The van der Waals surface area contributed by atoms with E-state index in [1.165, 1.54) is 37.5 Å². The first-order valence-corrected chi connectivity index (χ1v) is 9.82. The molecule has 1 saturated carbocycles. The van der Waals surface area contributed by atoms with Crippen LogP contribution in [0.1, 0.15) is 38.5 Å². The molecule has 4 nitrogen and oxygen atoms in total. The van der Waals surface area contributed by atoms with Crippen molar-refractivity contribution in [3.05, 3.63) is 36.4 Å². The van der Waals surface area contributed by atoms with Crippen LogP contribution in [0.2, 0.25) is 0 Å². The van der Waals surface area contributed by atoms with Crippen molar-refractivity contribution in [2.75, 3.05) is 31.1 Å². The number of pyridine rings is 1. The Morgan fingerprint density at radius 1 is 1.00 bits per heavy atom. The SMILES string of the molecule is OCCC1CN(c2ccc3ccccc3n2)CCN1C1CCCCC1. The molecule has 2 aliphatic rings. The minimum Gasteiger partial charge on any atom is -0.396 e. The van der Waals surface area contributed by atoms with Gasteiger partial charge in [-0.05, 0) is 37.5 Å². The number of fused-ring (bicyclic) bond motifs is 1. The number of nitrogens with zero attached hydrogens (tertiary/aromatic N) is 3. The van der Waals surface area contributed by atoms with Gasteiger partial charge in [-0.25, -0.2) is 4.98 Å². The number of hydrogen-bond donors (Lipinski definition) is 1. The summed E-state index contributed by atoms with van der Waals surface area (Å²) in [5.41, 5.74) is 1.06. The van der Waals surface area contributed by atoms with Crippen molar-refractivity contribution < 1.29 is 5.11 Å². The van der Waals surface area contributed by atoms with Gasteiger partial charge in [0, 0.05) is 43.7 Å². The second-order valence-corrected chi connectivity index (χ2v) is 7.50. The number of aliphatic hydroxyl groups excluding tert-OH is 1.